The Hall–Kier alpha value is -2.78. The van der Waals surface area contributed by atoms with Gasteiger partial charge in [0.05, 0.1) is 11.9 Å². The molecule has 1 rings (SSSR count). The molecule has 0 radical (unpaired) electrons. The molecule has 0 aliphatic heterocycles. The molecule has 15 heteroatoms. The third-order valence-corrected chi connectivity index (χ3v) is 7.47. The minimum Gasteiger partial charge on any atom is -0.442 e. The molecule has 1 aromatic heterocycles. The molecule has 1 heterocycles. The van der Waals surface area contributed by atoms with E-state index in [4.69, 9.17) is 4.74 Å². The number of aromatic nitrogens is 1. The first-order valence-corrected chi connectivity index (χ1v) is 16.0. The van der Waals surface area contributed by atoms with E-state index in [0.29, 0.717) is 11.6 Å². The first kappa shape index (κ1) is 35.2. The standard InChI is InChI=1S/C25H43N5O8S2/c1-14(2)9-26-24(34)21(15(3)4)30-22(32)16(5)8-18(31)10-27-23(33)19(13-40(7,36)37)29-25(35)38-11-20-28-17(6)12-39-20/h12,14-16,18-19,21,31H,8-11,13H2,1-7H3,(H,26,34)(H,27,33)(H,29,35)(H,30,32)/t16-,18+,19+,21-/m1/s1. The molecule has 13 nitrogen and oxygen atoms in total. The number of nitrogens with one attached hydrogen (secondary N) is 4. The highest BCUT2D eigenvalue weighted by Gasteiger charge is 2.29. The second-order valence-electron chi connectivity index (χ2n) is 10.7. The van der Waals surface area contributed by atoms with Crippen LogP contribution in [0.4, 0.5) is 4.79 Å². The number of hydrogen-bond acceptors (Lipinski definition) is 10. The molecule has 0 spiro atoms. The lowest BCUT2D eigenvalue weighted by Crippen LogP contribution is -2.52. The van der Waals surface area contributed by atoms with Crippen LogP contribution in [0.3, 0.4) is 0 Å². The van der Waals surface area contributed by atoms with Gasteiger partial charge in [-0.2, -0.15) is 0 Å². The Morgan fingerprint density at radius 3 is 2.15 bits per heavy atom. The Bertz CT molecular complexity index is 1110. The molecule has 0 aliphatic rings. The summed E-state index contributed by atoms with van der Waals surface area (Å²) in [5.74, 6) is -2.85. The van der Waals surface area contributed by atoms with Crippen molar-refractivity contribution in [1.82, 2.24) is 26.3 Å². The molecule has 0 aromatic carbocycles. The largest absolute Gasteiger partial charge is 0.442 e. The van der Waals surface area contributed by atoms with Crippen LogP contribution in [-0.2, 0) is 35.6 Å². The zero-order valence-corrected chi connectivity index (χ0v) is 25.8. The molecule has 1 aromatic rings. The van der Waals surface area contributed by atoms with Gasteiger partial charge in [0.25, 0.3) is 0 Å². The van der Waals surface area contributed by atoms with Gasteiger partial charge < -0.3 is 31.1 Å². The average molecular weight is 606 g/mol. The van der Waals surface area contributed by atoms with Crippen molar-refractivity contribution >= 4 is 45.0 Å². The van der Waals surface area contributed by atoms with E-state index in [-0.39, 0.29) is 37.3 Å². The van der Waals surface area contributed by atoms with Crippen molar-refractivity contribution in [1.29, 1.82) is 0 Å². The van der Waals surface area contributed by atoms with E-state index in [1.54, 1.807) is 19.2 Å². The number of hydrogen-bond donors (Lipinski definition) is 5. The smallest absolute Gasteiger partial charge is 0.408 e. The maximum Gasteiger partial charge on any atom is 0.408 e. The fraction of sp³-hybridized carbons (Fsp3) is 0.720. The predicted molar refractivity (Wildman–Crippen MR) is 151 cm³/mol. The molecule has 4 amide bonds. The van der Waals surface area contributed by atoms with Crippen LogP contribution in [0.5, 0.6) is 0 Å². The monoisotopic (exact) mass is 605 g/mol. The Labute approximate surface area is 240 Å². The summed E-state index contributed by atoms with van der Waals surface area (Å²) in [6.45, 7) is 10.9. The number of amides is 4. The number of aryl methyl sites for hydroxylation is 1. The van der Waals surface area contributed by atoms with Gasteiger partial charge >= 0.3 is 6.09 Å². The molecule has 40 heavy (non-hydrogen) atoms. The average Bonchev–Trinajstić information content (AvgIpc) is 3.26. The third kappa shape index (κ3) is 14.0. The van der Waals surface area contributed by atoms with Crippen molar-refractivity contribution in [2.75, 3.05) is 25.1 Å². The zero-order chi connectivity index (χ0) is 30.6. The van der Waals surface area contributed by atoms with Crippen LogP contribution < -0.4 is 21.3 Å². The number of carbonyl (C=O) groups is 4. The van der Waals surface area contributed by atoms with E-state index in [2.05, 4.69) is 26.3 Å². The molecule has 0 bridgehead atoms. The fourth-order valence-electron chi connectivity index (χ4n) is 3.45. The molecule has 0 saturated heterocycles. The molecule has 5 N–H and O–H groups in total. The van der Waals surface area contributed by atoms with Gasteiger partial charge in [-0.3, -0.25) is 14.4 Å². The third-order valence-electron chi connectivity index (χ3n) is 5.59. The summed E-state index contributed by atoms with van der Waals surface area (Å²) in [7, 11) is -3.67. The Kier molecular flexibility index (Phi) is 14.5. The van der Waals surface area contributed by atoms with Gasteiger partial charge in [0, 0.05) is 36.3 Å². The first-order valence-electron chi connectivity index (χ1n) is 13.0. The number of alkyl carbamates (subject to hydrolysis) is 1. The summed E-state index contributed by atoms with van der Waals surface area (Å²) < 4.78 is 28.7. The number of carbonyl (C=O) groups excluding carboxylic acids is 4. The van der Waals surface area contributed by atoms with Crippen molar-refractivity contribution in [3.8, 4) is 0 Å². The maximum atomic E-state index is 12.7. The molecular weight excluding hydrogens is 562 g/mol. The SMILES string of the molecule is Cc1csc(COC(=O)N[C@@H](CS(C)(=O)=O)C(=O)NC[C@@H](O)C[C@@H](C)C(=O)N[C@@H](C(=O)NCC(C)C)C(C)C)n1. The Morgan fingerprint density at radius 2 is 1.62 bits per heavy atom. The summed E-state index contributed by atoms with van der Waals surface area (Å²) in [5.41, 5.74) is 0.760. The fourth-order valence-corrected chi connectivity index (χ4v) is 4.97. The van der Waals surface area contributed by atoms with Crippen molar-refractivity contribution in [3.05, 3.63) is 16.1 Å². The minimum atomic E-state index is -3.67. The molecule has 0 aliphatic carbocycles. The van der Waals surface area contributed by atoms with Crippen molar-refractivity contribution in [2.24, 2.45) is 17.8 Å². The Morgan fingerprint density at radius 1 is 1.00 bits per heavy atom. The Balaban J connectivity index is 2.65. The van der Waals surface area contributed by atoms with Crippen molar-refractivity contribution in [3.63, 3.8) is 0 Å². The molecule has 0 fully saturated rings. The lowest BCUT2D eigenvalue weighted by atomic mass is 9.99. The second-order valence-corrected chi connectivity index (χ2v) is 13.8. The lowest BCUT2D eigenvalue weighted by Gasteiger charge is -2.25. The molecule has 0 unspecified atom stereocenters. The number of aliphatic hydroxyl groups excluding tert-OH is 1. The minimum absolute atomic E-state index is 0.0377. The summed E-state index contributed by atoms with van der Waals surface area (Å²) in [6.07, 6.45) is -1.28. The summed E-state index contributed by atoms with van der Waals surface area (Å²) >= 11 is 1.29. The number of aliphatic hydroxyl groups is 1. The van der Waals surface area contributed by atoms with E-state index in [0.717, 1.165) is 11.9 Å². The van der Waals surface area contributed by atoms with Crippen molar-refractivity contribution in [2.45, 2.75) is 72.8 Å². The molecule has 228 valence electrons. The molecular formula is C25H43N5O8S2. The molecule has 0 saturated carbocycles. The van der Waals surface area contributed by atoms with Gasteiger partial charge in [-0.1, -0.05) is 34.6 Å². The second kappa shape index (κ2) is 16.5. The van der Waals surface area contributed by atoms with Gasteiger partial charge in [-0.25, -0.2) is 18.2 Å². The van der Waals surface area contributed by atoms with Crippen molar-refractivity contribution < 1.29 is 37.4 Å². The number of rotatable bonds is 16. The van der Waals surface area contributed by atoms with E-state index >= 15 is 0 Å². The van der Waals surface area contributed by atoms with E-state index in [1.165, 1.54) is 11.3 Å². The first-order chi connectivity index (χ1) is 18.5. The predicted octanol–water partition coefficient (Wildman–Crippen LogP) is 0.507. The number of ether oxygens (including phenoxy) is 1. The quantitative estimate of drug-likeness (QED) is 0.178. The summed E-state index contributed by atoms with van der Waals surface area (Å²) in [5, 5.41) is 22.9. The highest BCUT2D eigenvalue weighted by Crippen LogP contribution is 2.11. The van der Waals surface area contributed by atoms with Crippen LogP contribution in [0.1, 0.15) is 51.7 Å². The van der Waals surface area contributed by atoms with Crippen LogP contribution in [-0.4, -0.2) is 85.6 Å². The maximum absolute atomic E-state index is 12.7. The van der Waals surface area contributed by atoms with Gasteiger partial charge in [-0.15, -0.1) is 11.3 Å². The summed E-state index contributed by atoms with van der Waals surface area (Å²) in [4.78, 5) is 54.2. The van der Waals surface area contributed by atoms with Crippen LogP contribution in [0, 0.1) is 24.7 Å². The van der Waals surface area contributed by atoms with Gasteiger partial charge in [0.1, 0.15) is 33.5 Å². The number of nitrogens with zero attached hydrogens (tertiary/aromatic N) is 1. The lowest BCUT2D eigenvalue weighted by molar-refractivity contribution is -0.132. The number of sulfone groups is 1. The van der Waals surface area contributed by atoms with Crippen LogP contribution >= 0.6 is 11.3 Å². The zero-order valence-electron chi connectivity index (χ0n) is 24.1. The van der Waals surface area contributed by atoms with Gasteiger partial charge in [0.15, 0.2) is 0 Å². The molecule has 4 atom stereocenters. The highest BCUT2D eigenvalue weighted by atomic mass is 32.2. The van der Waals surface area contributed by atoms with Crippen LogP contribution in [0.2, 0.25) is 0 Å². The van der Waals surface area contributed by atoms with E-state index < -0.39 is 57.6 Å². The topological polar surface area (TPSA) is 193 Å². The van der Waals surface area contributed by atoms with E-state index in [1.807, 2.05) is 27.7 Å². The van der Waals surface area contributed by atoms with Gasteiger partial charge in [0.2, 0.25) is 17.7 Å². The number of thiazole rings is 1. The van der Waals surface area contributed by atoms with E-state index in [9.17, 15) is 32.7 Å². The highest BCUT2D eigenvalue weighted by molar-refractivity contribution is 7.90. The normalized spacial score (nSPS) is 14.7. The van der Waals surface area contributed by atoms with Gasteiger partial charge in [-0.05, 0) is 25.2 Å². The van der Waals surface area contributed by atoms with Crippen LogP contribution in [0.15, 0.2) is 5.38 Å². The van der Waals surface area contributed by atoms with Crippen LogP contribution in [0.25, 0.3) is 0 Å². The summed E-state index contributed by atoms with van der Waals surface area (Å²) in [6, 6.07) is -2.21.